The van der Waals surface area contributed by atoms with Crippen LogP contribution in [0.2, 0.25) is 0 Å². The quantitative estimate of drug-likeness (QED) is 0.548. The maximum absolute atomic E-state index is 12.3. The van der Waals surface area contributed by atoms with Crippen molar-refractivity contribution in [3.63, 3.8) is 0 Å². The molecule has 0 unspecified atom stereocenters. The molecule has 1 N–H and O–H groups in total. The van der Waals surface area contributed by atoms with E-state index in [2.05, 4.69) is 13.8 Å². The maximum Gasteiger partial charge on any atom is 0.305 e. The van der Waals surface area contributed by atoms with Crippen LogP contribution in [0.3, 0.4) is 0 Å². The van der Waals surface area contributed by atoms with Crippen LogP contribution >= 0.6 is 24.0 Å². The topological polar surface area (TPSA) is 66.8 Å². The van der Waals surface area contributed by atoms with Gasteiger partial charge in [0, 0.05) is 6.54 Å². The minimum absolute atomic E-state index is 0.0972. The van der Waals surface area contributed by atoms with Gasteiger partial charge in [-0.25, -0.2) is 0 Å². The lowest BCUT2D eigenvalue weighted by Gasteiger charge is -2.12. The van der Waals surface area contributed by atoms with E-state index in [0.717, 1.165) is 17.7 Å². The molecule has 134 valence electrons. The largest absolute Gasteiger partial charge is 0.494 e. The lowest BCUT2D eigenvalue weighted by atomic mass is 10.1. The second-order valence-corrected chi connectivity index (χ2v) is 7.75. The molecule has 0 radical (unpaired) electrons. The van der Waals surface area contributed by atoms with Gasteiger partial charge in [0.05, 0.1) is 17.9 Å². The summed E-state index contributed by atoms with van der Waals surface area (Å²) in [5.74, 6) is 0.203. The van der Waals surface area contributed by atoms with E-state index in [0.29, 0.717) is 21.8 Å². The van der Waals surface area contributed by atoms with Gasteiger partial charge >= 0.3 is 5.97 Å². The number of nitrogens with zero attached hydrogens (tertiary/aromatic N) is 1. The molecule has 1 aromatic rings. The molecule has 1 saturated heterocycles. The molecule has 2 rings (SSSR count). The van der Waals surface area contributed by atoms with Crippen LogP contribution in [0.25, 0.3) is 6.08 Å². The Morgan fingerprint density at radius 1 is 1.36 bits per heavy atom. The number of hydrogen-bond acceptors (Lipinski definition) is 5. The number of carbonyl (C=O) groups excluding carboxylic acids is 1. The minimum Gasteiger partial charge on any atom is -0.494 e. The fourth-order valence-corrected chi connectivity index (χ4v) is 3.43. The first-order valence-corrected chi connectivity index (χ1v) is 9.29. The molecule has 5 nitrogen and oxygen atoms in total. The number of rotatable bonds is 8. The number of hydrogen-bond donors (Lipinski definition) is 1. The summed E-state index contributed by atoms with van der Waals surface area (Å²) in [7, 11) is 0. The van der Waals surface area contributed by atoms with Gasteiger partial charge in [-0.2, -0.15) is 0 Å². The van der Waals surface area contributed by atoms with Gasteiger partial charge in [-0.3, -0.25) is 14.5 Å². The summed E-state index contributed by atoms with van der Waals surface area (Å²) in [5.41, 5.74) is 0.870. The van der Waals surface area contributed by atoms with Crippen LogP contribution in [0, 0.1) is 5.92 Å². The summed E-state index contributed by atoms with van der Waals surface area (Å²) >= 11 is 6.36. The molecule has 0 saturated carbocycles. The van der Waals surface area contributed by atoms with Crippen LogP contribution in [0.15, 0.2) is 29.2 Å². The highest BCUT2D eigenvalue weighted by Gasteiger charge is 2.31. The Kier molecular flexibility index (Phi) is 7.01. The number of thiocarbonyl (C=S) groups is 1. The molecule has 1 heterocycles. The molecule has 0 bridgehead atoms. The number of ether oxygens (including phenoxy) is 1. The summed E-state index contributed by atoms with van der Waals surface area (Å²) in [6.07, 6.45) is 2.64. The van der Waals surface area contributed by atoms with Crippen molar-refractivity contribution in [1.29, 1.82) is 0 Å². The molecular formula is C18H21NO4S2. The van der Waals surface area contributed by atoms with Gasteiger partial charge in [-0.05, 0) is 36.1 Å². The first-order valence-electron chi connectivity index (χ1n) is 8.07. The third-order valence-corrected chi connectivity index (χ3v) is 4.94. The highest BCUT2D eigenvalue weighted by Crippen LogP contribution is 2.32. The number of thioether (sulfide) groups is 1. The highest BCUT2D eigenvalue weighted by molar-refractivity contribution is 8.26. The average Bonchev–Trinajstić information content (AvgIpc) is 2.80. The molecule has 1 fully saturated rings. The molecule has 1 aliphatic heterocycles. The first kappa shape index (κ1) is 19.5. The number of aliphatic carboxylic acids is 1. The normalized spacial score (nSPS) is 16.1. The van der Waals surface area contributed by atoms with Crippen LogP contribution in [-0.4, -0.2) is 39.4 Å². The Labute approximate surface area is 157 Å². The lowest BCUT2D eigenvalue weighted by molar-refractivity contribution is -0.137. The van der Waals surface area contributed by atoms with E-state index in [1.165, 1.54) is 16.7 Å². The third-order valence-electron chi connectivity index (χ3n) is 3.56. The smallest absolute Gasteiger partial charge is 0.305 e. The fraction of sp³-hybridized carbons (Fsp3) is 0.389. The van der Waals surface area contributed by atoms with Crippen LogP contribution in [0.4, 0.5) is 0 Å². The minimum atomic E-state index is -0.953. The Balaban J connectivity index is 1.99. The zero-order valence-electron chi connectivity index (χ0n) is 14.2. The summed E-state index contributed by atoms with van der Waals surface area (Å²) in [5, 5.41) is 8.75. The van der Waals surface area contributed by atoms with Crippen LogP contribution < -0.4 is 4.74 Å². The lowest BCUT2D eigenvalue weighted by Crippen LogP contribution is -2.30. The highest BCUT2D eigenvalue weighted by atomic mass is 32.2. The van der Waals surface area contributed by atoms with E-state index >= 15 is 0 Å². The number of benzene rings is 1. The van der Waals surface area contributed by atoms with Crippen molar-refractivity contribution < 1.29 is 19.4 Å². The second kappa shape index (κ2) is 9.01. The number of carbonyl (C=O) groups is 2. The summed E-state index contributed by atoms with van der Waals surface area (Å²) in [6, 6.07) is 7.51. The standard InChI is InChI=1S/C18H21NO4S2/c1-12(2)8-10-23-14-5-3-13(4-6-14)11-15-17(22)19(18(24)25-15)9-7-16(20)21/h3-6,11-12H,7-10H2,1-2H3,(H,20,21)/b15-11-. The van der Waals surface area contributed by atoms with Crippen LogP contribution in [0.1, 0.15) is 32.3 Å². The number of carboxylic acid groups (broad SMARTS) is 1. The molecule has 7 heteroatoms. The van der Waals surface area contributed by atoms with Gasteiger partial charge in [0.1, 0.15) is 10.1 Å². The Morgan fingerprint density at radius 2 is 2.04 bits per heavy atom. The first-order chi connectivity index (χ1) is 11.9. The van der Waals surface area contributed by atoms with E-state index in [1.807, 2.05) is 24.3 Å². The van der Waals surface area contributed by atoms with Crippen molar-refractivity contribution in [1.82, 2.24) is 4.90 Å². The van der Waals surface area contributed by atoms with Gasteiger partial charge in [-0.15, -0.1) is 0 Å². The Bertz CT molecular complexity index is 683. The van der Waals surface area contributed by atoms with Gasteiger partial charge in [0.15, 0.2) is 0 Å². The van der Waals surface area contributed by atoms with E-state index < -0.39 is 5.97 Å². The van der Waals surface area contributed by atoms with Gasteiger partial charge in [0.25, 0.3) is 5.91 Å². The fourth-order valence-electron chi connectivity index (χ4n) is 2.12. The molecule has 0 atom stereocenters. The van der Waals surface area contributed by atoms with Gasteiger partial charge in [0.2, 0.25) is 0 Å². The van der Waals surface area contributed by atoms with Crippen LogP contribution in [0.5, 0.6) is 5.75 Å². The average molecular weight is 380 g/mol. The monoisotopic (exact) mass is 379 g/mol. The third kappa shape index (κ3) is 5.86. The van der Waals surface area contributed by atoms with Crippen LogP contribution in [-0.2, 0) is 9.59 Å². The predicted octanol–water partition coefficient (Wildman–Crippen LogP) is 3.79. The molecule has 0 aromatic heterocycles. The summed E-state index contributed by atoms with van der Waals surface area (Å²) < 4.78 is 6.07. The molecule has 1 amide bonds. The zero-order valence-corrected chi connectivity index (χ0v) is 15.9. The van der Waals surface area contributed by atoms with Crippen molar-refractivity contribution in [2.24, 2.45) is 5.92 Å². The van der Waals surface area contributed by atoms with Crippen molar-refractivity contribution in [3.8, 4) is 5.75 Å². The van der Waals surface area contributed by atoms with Crippen molar-refractivity contribution in [2.75, 3.05) is 13.2 Å². The number of carboxylic acids is 1. The van der Waals surface area contributed by atoms with E-state index in [-0.39, 0.29) is 18.9 Å². The molecule has 0 spiro atoms. The van der Waals surface area contributed by atoms with Crippen molar-refractivity contribution >= 4 is 46.3 Å². The molecular weight excluding hydrogens is 358 g/mol. The van der Waals surface area contributed by atoms with Crippen molar-refractivity contribution in [3.05, 3.63) is 34.7 Å². The SMILES string of the molecule is CC(C)CCOc1ccc(/C=C2\SC(=S)N(CCC(=O)O)C2=O)cc1. The summed E-state index contributed by atoms with van der Waals surface area (Å²) in [4.78, 5) is 24.8. The number of amides is 1. The molecule has 1 aromatic carbocycles. The van der Waals surface area contributed by atoms with Gasteiger partial charge < -0.3 is 9.84 Å². The second-order valence-electron chi connectivity index (χ2n) is 6.08. The van der Waals surface area contributed by atoms with E-state index in [4.69, 9.17) is 22.1 Å². The zero-order chi connectivity index (χ0) is 18.4. The molecule has 1 aliphatic rings. The predicted molar refractivity (Wildman–Crippen MR) is 104 cm³/mol. The maximum atomic E-state index is 12.3. The summed E-state index contributed by atoms with van der Waals surface area (Å²) in [6.45, 7) is 5.08. The Hall–Kier alpha value is -1.86. The van der Waals surface area contributed by atoms with E-state index in [9.17, 15) is 9.59 Å². The Morgan fingerprint density at radius 3 is 2.64 bits per heavy atom. The van der Waals surface area contributed by atoms with E-state index in [1.54, 1.807) is 6.08 Å². The molecule has 25 heavy (non-hydrogen) atoms. The van der Waals surface area contributed by atoms with Gasteiger partial charge in [-0.1, -0.05) is 50.0 Å². The molecule has 0 aliphatic carbocycles. The van der Waals surface area contributed by atoms with Crippen molar-refractivity contribution in [2.45, 2.75) is 26.7 Å².